The van der Waals surface area contributed by atoms with Crippen molar-refractivity contribution in [2.24, 2.45) is 0 Å². The Morgan fingerprint density at radius 1 is 0.882 bits per heavy atom. The Morgan fingerprint density at radius 2 is 1.50 bits per heavy atom. The van der Waals surface area contributed by atoms with E-state index in [1.54, 1.807) is 62.8 Å². The van der Waals surface area contributed by atoms with Crippen LogP contribution in [0.4, 0.5) is 5.69 Å². The summed E-state index contributed by atoms with van der Waals surface area (Å²) < 4.78 is 37.5. The molecule has 0 aliphatic heterocycles. The van der Waals surface area contributed by atoms with Crippen LogP contribution in [0.15, 0.2) is 71.6 Å². The molecule has 0 unspecified atom stereocenters. The molecular formula is C26H30N2O5S. The van der Waals surface area contributed by atoms with Gasteiger partial charge in [0, 0.05) is 13.6 Å². The lowest BCUT2D eigenvalue weighted by atomic mass is 10.1. The normalized spacial score (nSPS) is 11.1. The van der Waals surface area contributed by atoms with Crippen LogP contribution < -0.4 is 19.1 Å². The maximum absolute atomic E-state index is 12.9. The minimum atomic E-state index is -3.66. The van der Waals surface area contributed by atoms with Gasteiger partial charge in [-0.25, -0.2) is 8.42 Å². The number of benzene rings is 3. The molecule has 3 aromatic carbocycles. The summed E-state index contributed by atoms with van der Waals surface area (Å²) in [7, 11) is 1.04. The number of carbonyl (C=O) groups excluding carboxylic acids is 1. The topological polar surface area (TPSA) is 84.9 Å². The number of hydrogen-bond donors (Lipinski definition) is 1. The summed E-state index contributed by atoms with van der Waals surface area (Å²) in [5, 5.41) is 2.92. The average Bonchev–Trinajstić information content (AvgIpc) is 2.84. The Morgan fingerprint density at radius 3 is 2.12 bits per heavy atom. The number of sulfonamides is 1. The van der Waals surface area contributed by atoms with Crippen molar-refractivity contribution in [3.63, 3.8) is 0 Å². The number of carbonyl (C=O) groups is 1. The van der Waals surface area contributed by atoms with Gasteiger partial charge in [-0.2, -0.15) is 0 Å². The first-order valence-corrected chi connectivity index (χ1v) is 12.3. The molecule has 0 radical (unpaired) electrons. The number of aryl methyl sites for hydroxylation is 1. The second-order valence-electron chi connectivity index (χ2n) is 7.92. The predicted octanol–water partition coefficient (Wildman–Crippen LogP) is 3.74. The van der Waals surface area contributed by atoms with Crippen molar-refractivity contribution in [1.82, 2.24) is 5.32 Å². The average molecular weight is 483 g/mol. The summed E-state index contributed by atoms with van der Waals surface area (Å²) in [5.74, 6) is 1.21. The summed E-state index contributed by atoms with van der Waals surface area (Å²) in [6, 6.07) is 19.4. The molecule has 0 saturated heterocycles. The van der Waals surface area contributed by atoms with Crippen LogP contribution in [0.25, 0.3) is 0 Å². The second kappa shape index (κ2) is 11.1. The summed E-state index contributed by atoms with van der Waals surface area (Å²) >= 11 is 0. The zero-order valence-electron chi connectivity index (χ0n) is 19.9. The Bertz CT molecular complexity index is 1220. The SMILES string of the molecule is COc1ccc(CCNC(=O)Cc2ccc(N(C)S(=O)(=O)c3ccc(C)cc3)cc2)cc1OC. The Balaban J connectivity index is 1.55. The van der Waals surface area contributed by atoms with Crippen molar-refractivity contribution in [2.45, 2.75) is 24.7 Å². The molecule has 0 heterocycles. The third-order valence-corrected chi connectivity index (χ3v) is 7.33. The molecule has 0 saturated carbocycles. The Kier molecular flexibility index (Phi) is 8.17. The molecular weight excluding hydrogens is 452 g/mol. The van der Waals surface area contributed by atoms with Crippen molar-refractivity contribution in [3.05, 3.63) is 83.4 Å². The largest absolute Gasteiger partial charge is 0.493 e. The van der Waals surface area contributed by atoms with Crippen LogP contribution in [-0.2, 0) is 27.7 Å². The molecule has 0 aliphatic carbocycles. The minimum Gasteiger partial charge on any atom is -0.493 e. The van der Waals surface area contributed by atoms with Crippen molar-refractivity contribution >= 4 is 21.6 Å². The zero-order chi connectivity index (χ0) is 24.7. The van der Waals surface area contributed by atoms with Crippen molar-refractivity contribution < 1.29 is 22.7 Å². The van der Waals surface area contributed by atoms with Gasteiger partial charge in [0.25, 0.3) is 10.0 Å². The Hall–Kier alpha value is -3.52. The Labute approximate surface area is 201 Å². The van der Waals surface area contributed by atoms with E-state index in [0.717, 1.165) is 16.7 Å². The first-order valence-electron chi connectivity index (χ1n) is 10.9. The third kappa shape index (κ3) is 6.08. The number of rotatable bonds is 10. The summed E-state index contributed by atoms with van der Waals surface area (Å²) in [6.07, 6.45) is 0.868. The minimum absolute atomic E-state index is 0.103. The summed E-state index contributed by atoms with van der Waals surface area (Å²) in [4.78, 5) is 12.6. The first kappa shape index (κ1) is 25.1. The van der Waals surface area contributed by atoms with Crippen molar-refractivity contribution in [2.75, 3.05) is 32.1 Å². The van der Waals surface area contributed by atoms with Gasteiger partial charge in [-0.3, -0.25) is 9.10 Å². The van der Waals surface area contributed by atoms with Gasteiger partial charge in [0.2, 0.25) is 5.91 Å². The number of amides is 1. The lowest BCUT2D eigenvalue weighted by Gasteiger charge is -2.20. The fourth-order valence-electron chi connectivity index (χ4n) is 3.46. The van der Waals surface area contributed by atoms with E-state index < -0.39 is 10.0 Å². The molecule has 0 bridgehead atoms. The van der Waals surface area contributed by atoms with Crippen LogP contribution in [0.2, 0.25) is 0 Å². The standard InChI is InChI=1S/C26H30N2O5S/c1-19-5-12-23(13-6-19)34(30,31)28(2)22-10-7-20(8-11-22)18-26(29)27-16-15-21-9-14-24(32-3)25(17-21)33-4/h5-14,17H,15-16,18H2,1-4H3,(H,27,29). The van der Waals surface area contributed by atoms with E-state index in [4.69, 9.17) is 9.47 Å². The lowest BCUT2D eigenvalue weighted by Crippen LogP contribution is -2.27. The van der Waals surface area contributed by atoms with E-state index in [-0.39, 0.29) is 17.2 Å². The van der Waals surface area contributed by atoms with E-state index in [0.29, 0.717) is 30.2 Å². The first-order chi connectivity index (χ1) is 16.2. The number of nitrogens with one attached hydrogen (secondary N) is 1. The summed E-state index contributed by atoms with van der Waals surface area (Å²) in [6.45, 7) is 2.40. The molecule has 3 aromatic rings. The molecule has 1 amide bonds. The molecule has 8 heteroatoms. The highest BCUT2D eigenvalue weighted by atomic mass is 32.2. The maximum atomic E-state index is 12.9. The highest BCUT2D eigenvalue weighted by Crippen LogP contribution is 2.27. The zero-order valence-corrected chi connectivity index (χ0v) is 20.7. The van der Waals surface area contributed by atoms with Crippen molar-refractivity contribution in [1.29, 1.82) is 0 Å². The smallest absolute Gasteiger partial charge is 0.264 e. The van der Waals surface area contributed by atoms with Crippen LogP contribution in [-0.4, -0.2) is 42.1 Å². The molecule has 0 atom stereocenters. The third-order valence-electron chi connectivity index (χ3n) is 5.53. The van der Waals surface area contributed by atoms with Gasteiger partial charge in [0.15, 0.2) is 11.5 Å². The molecule has 1 N–H and O–H groups in total. The lowest BCUT2D eigenvalue weighted by molar-refractivity contribution is -0.120. The molecule has 0 aliphatic rings. The van der Waals surface area contributed by atoms with Gasteiger partial charge in [0.1, 0.15) is 0 Å². The molecule has 7 nitrogen and oxygen atoms in total. The van der Waals surface area contributed by atoms with E-state index in [2.05, 4.69) is 5.32 Å². The van der Waals surface area contributed by atoms with Gasteiger partial charge in [-0.15, -0.1) is 0 Å². The molecule has 0 spiro atoms. The number of nitrogens with zero attached hydrogens (tertiary/aromatic N) is 1. The molecule has 0 fully saturated rings. The van der Waals surface area contributed by atoms with Gasteiger partial charge < -0.3 is 14.8 Å². The van der Waals surface area contributed by atoms with Crippen LogP contribution in [0.1, 0.15) is 16.7 Å². The second-order valence-corrected chi connectivity index (χ2v) is 9.89. The van der Waals surface area contributed by atoms with Gasteiger partial charge >= 0.3 is 0 Å². The highest BCUT2D eigenvalue weighted by Gasteiger charge is 2.21. The van der Waals surface area contributed by atoms with Gasteiger partial charge in [-0.05, 0) is 60.9 Å². The van der Waals surface area contributed by atoms with Crippen LogP contribution in [0.3, 0.4) is 0 Å². The van der Waals surface area contributed by atoms with Gasteiger partial charge in [0.05, 0.1) is 31.2 Å². The monoisotopic (exact) mass is 482 g/mol. The predicted molar refractivity (Wildman–Crippen MR) is 133 cm³/mol. The van der Waals surface area contributed by atoms with E-state index in [9.17, 15) is 13.2 Å². The number of anilines is 1. The number of ether oxygens (including phenoxy) is 2. The molecule has 3 rings (SSSR count). The van der Waals surface area contributed by atoms with Crippen molar-refractivity contribution in [3.8, 4) is 11.5 Å². The van der Waals surface area contributed by atoms with Crippen LogP contribution >= 0.6 is 0 Å². The molecule has 34 heavy (non-hydrogen) atoms. The fraction of sp³-hybridized carbons (Fsp3) is 0.269. The fourth-order valence-corrected chi connectivity index (χ4v) is 4.66. The highest BCUT2D eigenvalue weighted by molar-refractivity contribution is 7.92. The summed E-state index contributed by atoms with van der Waals surface area (Å²) in [5.41, 5.74) is 3.35. The molecule has 0 aromatic heterocycles. The quantitative estimate of drug-likeness (QED) is 0.476. The van der Waals surface area contributed by atoms with Crippen LogP contribution in [0.5, 0.6) is 11.5 Å². The van der Waals surface area contributed by atoms with Crippen LogP contribution in [0, 0.1) is 6.92 Å². The number of hydrogen-bond acceptors (Lipinski definition) is 5. The van der Waals surface area contributed by atoms with E-state index in [1.807, 2.05) is 25.1 Å². The molecule has 180 valence electrons. The van der Waals surface area contributed by atoms with Gasteiger partial charge in [-0.1, -0.05) is 35.9 Å². The maximum Gasteiger partial charge on any atom is 0.264 e. The number of methoxy groups -OCH3 is 2. The van der Waals surface area contributed by atoms with E-state index in [1.165, 1.54) is 11.4 Å². The van der Waals surface area contributed by atoms with E-state index >= 15 is 0 Å².